The third-order valence-corrected chi connectivity index (χ3v) is 4.48. The van der Waals surface area contributed by atoms with E-state index in [0.717, 1.165) is 30.6 Å². The van der Waals surface area contributed by atoms with Crippen molar-refractivity contribution in [2.75, 3.05) is 12.4 Å². The van der Waals surface area contributed by atoms with E-state index in [-0.39, 0.29) is 18.5 Å². The van der Waals surface area contributed by atoms with Crippen LogP contribution < -0.4 is 5.73 Å². The Morgan fingerprint density at radius 3 is 2.94 bits per heavy atom. The monoisotopic (exact) mass is 271 g/mol. The highest BCUT2D eigenvalue weighted by atomic mass is 32.2. The quantitative estimate of drug-likeness (QED) is 0.887. The van der Waals surface area contributed by atoms with Gasteiger partial charge in [-0.1, -0.05) is 6.07 Å². The summed E-state index contributed by atoms with van der Waals surface area (Å²) in [4.78, 5) is 0. The van der Waals surface area contributed by atoms with Gasteiger partial charge in [0.1, 0.15) is 5.82 Å². The van der Waals surface area contributed by atoms with Crippen LogP contribution in [-0.4, -0.2) is 22.7 Å². The number of hydrogen-bond donors (Lipinski definition) is 1. The maximum Gasteiger partial charge on any atom is 0.123 e. The third kappa shape index (κ3) is 3.60. The van der Waals surface area contributed by atoms with Crippen molar-refractivity contribution in [3.63, 3.8) is 0 Å². The molecular formula is C13H18FNO2S. The predicted octanol–water partition coefficient (Wildman–Crippen LogP) is 1.71. The van der Waals surface area contributed by atoms with Gasteiger partial charge in [-0.05, 0) is 36.1 Å². The highest BCUT2D eigenvalue weighted by Gasteiger charge is 2.19. The Morgan fingerprint density at radius 2 is 2.28 bits per heavy atom. The molecule has 2 rings (SSSR count). The minimum absolute atomic E-state index is 0.118. The molecule has 0 amide bonds. The standard InChI is InChI=1S/C13H18FNO2S/c14-12-4-3-10(11(6-12)7-15)8-18(16)9-13-2-1-5-17-13/h3-4,6,13H,1-2,5,7-9,15H2. The van der Waals surface area contributed by atoms with Gasteiger partial charge in [-0.3, -0.25) is 4.21 Å². The van der Waals surface area contributed by atoms with Crippen LogP contribution in [0.15, 0.2) is 18.2 Å². The van der Waals surface area contributed by atoms with Gasteiger partial charge in [0.15, 0.2) is 0 Å². The second kappa shape index (κ2) is 6.41. The summed E-state index contributed by atoms with van der Waals surface area (Å²) in [5.74, 6) is 0.678. The first-order chi connectivity index (χ1) is 8.69. The fraction of sp³-hybridized carbons (Fsp3) is 0.538. The molecule has 2 N–H and O–H groups in total. The lowest BCUT2D eigenvalue weighted by atomic mass is 10.1. The minimum atomic E-state index is -0.982. The van der Waals surface area contributed by atoms with E-state index < -0.39 is 10.8 Å². The van der Waals surface area contributed by atoms with Crippen LogP contribution in [0.1, 0.15) is 24.0 Å². The van der Waals surface area contributed by atoms with Gasteiger partial charge < -0.3 is 10.5 Å². The Labute approximate surface area is 109 Å². The van der Waals surface area contributed by atoms with Crippen molar-refractivity contribution < 1.29 is 13.3 Å². The number of rotatable bonds is 5. The van der Waals surface area contributed by atoms with E-state index >= 15 is 0 Å². The van der Waals surface area contributed by atoms with Gasteiger partial charge in [0.25, 0.3) is 0 Å². The molecular weight excluding hydrogens is 253 g/mol. The first kappa shape index (κ1) is 13.6. The molecule has 0 aliphatic carbocycles. The summed E-state index contributed by atoms with van der Waals surface area (Å²) in [5, 5.41) is 0. The molecule has 1 aliphatic heterocycles. The molecule has 0 radical (unpaired) electrons. The normalized spacial score (nSPS) is 21.1. The molecule has 1 heterocycles. The molecule has 1 aromatic carbocycles. The van der Waals surface area contributed by atoms with Crippen molar-refractivity contribution in [1.82, 2.24) is 0 Å². The summed E-state index contributed by atoms with van der Waals surface area (Å²) in [5.41, 5.74) is 7.17. The molecule has 1 aromatic rings. The van der Waals surface area contributed by atoms with Crippen LogP contribution in [0.3, 0.4) is 0 Å². The van der Waals surface area contributed by atoms with Crippen LogP contribution in [0.2, 0.25) is 0 Å². The first-order valence-electron chi connectivity index (χ1n) is 6.13. The van der Waals surface area contributed by atoms with Gasteiger partial charge in [-0.15, -0.1) is 0 Å². The zero-order valence-corrected chi connectivity index (χ0v) is 11.0. The Morgan fingerprint density at radius 1 is 1.44 bits per heavy atom. The van der Waals surface area contributed by atoms with Crippen molar-refractivity contribution in [3.05, 3.63) is 35.1 Å². The first-order valence-corrected chi connectivity index (χ1v) is 7.62. The molecule has 0 spiro atoms. The summed E-state index contributed by atoms with van der Waals surface area (Å²) in [6.07, 6.45) is 2.15. The second-order valence-electron chi connectivity index (χ2n) is 4.50. The Bertz CT molecular complexity index is 433. The van der Waals surface area contributed by atoms with Gasteiger partial charge in [-0.25, -0.2) is 4.39 Å². The van der Waals surface area contributed by atoms with E-state index in [4.69, 9.17) is 10.5 Å². The second-order valence-corrected chi connectivity index (χ2v) is 6.00. The average Bonchev–Trinajstić information content (AvgIpc) is 2.84. The van der Waals surface area contributed by atoms with Gasteiger partial charge >= 0.3 is 0 Å². The molecule has 100 valence electrons. The van der Waals surface area contributed by atoms with Crippen LogP contribution in [0.25, 0.3) is 0 Å². The maximum absolute atomic E-state index is 13.0. The molecule has 2 unspecified atom stereocenters. The Hall–Kier alpha value is -0.780. The van der Waals surface area contributed by atoms with Gasteiger partial charge in [-0.2, -0.15) is 0 Å². The van der Waals surface area contributed by atoms with E-state index in [0.29, 0.717) is 11.5 Å². The molecule has 0 saturated carbocycles. The molecule has 1 fully saturated rings. The van der Waals surface area contributed by atoms with Crippen molar-refractivity contribution in [2.24, 2.45) is 5.73 Å². The van der Waals surface area contributed by atoms with Gasteiger partial charge in [0.05, 0.1) is 11.9 Å². The molecule has 0 aromatic heterocycles. The van der Waals surface area contributed by atoms with Crippen LogP contribution in [0.5, 0.6) is 0 Å². The molecule has 5 heteroatoms. The lowest BCUT2D eigenvalue weighted by Gasteiger charge is -2.11. The zero-order chi connectivity index (χ0) is 13.0. The topological polar surface area (TPSA) is 52.3 Å². The van der Waals surface area contributed by atoms with E-state index in [2.05, 4.69) is 0 Å². The van der Waals surface area contributed by atoms with Gasteiger partial charge in [0, 0.05) is 29.7 Å². The van der Waals surface area contributed by atoms with E-state index in [1.54, 1.807) is 6.07 Å². The van der Waals surface area contributed by atoms with E-state index in [1.165, 1.54) is 12.1 Å². The fourth-order valence-corrected chi connectivity index (χ4v) is 3.56. The van der Waals surface area contributed by atoms with Crippen molar-refractivity contribution in [1.29, 1.82) is 0 Å². The zero-order valence-electron chi connectivity index (χ0n) is 10.2. The molecule has 1 saturated heterocycles. The molecule has 0 bridgehead atoms. The van der Waals surface area contributed by atoms with Crippen LogP contribution in [-0.2, 0) is 27.8 Å². The summed E-state index contributed by atoms with van der Waals surface area (Å²) in [6, 6.07) is 4.47. The van der Waals surface area contributed by atoms with E-state index in [1.807, 2.05) is 0 Å². The van der Waals surface area contributed by atoms with Crippen LogP contribution in [0, 0.1) is 5.82 Å². The van der Waals surface area contributed by atoms with E-state index in [9.17, 15) is 8.60 Å². The predicted molar refractivity (Wildman–Crippen MR) is 70.0 cm³/mol. The van der Waals surface area contributed by atoms with Crippen molar-refractivity contribution >= 4 is 10.8 Å². The van der Waals surface area contributed by atoms with Crippen molar-refractivity contribution in [2.45, 2.75) is 31.2 Å². The molecule has 18 heavy (non-hydrogen) atoms. The number of ether oxygens (including phenoxy) is 1. The van der Waals surface area contributed by atoms with Crippen molar-refractivity contribution in [3.8, 4) is 0 Å². The SMILES string of the molecule is NCc1cc(F)ccc1CS(=O)CC1CCCO1. The summed E-state index contributed by atoms with van der Waals surface area (Å²) in [6.45, 7) is 1.04. The molecule has 2 atom stereocenters. The summed E-state index contributed by atoms with van der Waals surface area (Å²) >= 11 is 0. The van der Waals surface area contributed by atoms with Gasteiger partial charge in [0.2, 0.25) is 0 Å². The molecule has 1 aliphatic rings. The lowest BCUT2D eigenvalue weighted by Crippen LogP contribution is -2.17. The smallest absolute Gasteiger partial charge is 0.123 e. The fourth-order valence-electron chi connectivity index (χ4n) is 2.14. The lowest BCUT2D eigenvalue weighted by molar-refractivity contribution is 0.128. The maximum atomic E-state index is 13.0. The number of nitrogens with two attached hydrogens (primary N) is 1. The minimum Gasteiger partial charge on any atom is -0.377 e. The molecule has 3 nitrogen and oxygen atoms in total. The largest absolute Gasteiger partial charge is 0.377 e. The Balaban J connectivity index is 1.97. The number of hydrogen-bond acceptors (Lipinski definition) is 3. The summed E-state index contributed by atoms with van der Waals surface area (Å²) < 4.78 is 30.5. The average molecular weight is 271 g/mol. The van der Waals surface area contributed by atoms with Crippen LogP contribution in [0.4, 0.5) is 4.39 Å². The highest BCUT2D eigenvalue weighted by Crippen LogP contribution is 2.17. The van der Waals surface area contributed by atoms with Crippen LogP contribution >= 0.6 is 0 Å². The number of benzene rings is 1. The highest BCUT2D eigenvalue weighted by molar-refractivity contribution is 7.84. The summed E-state index contributed by atoms with van der Waals surface area (Å²) in [7, 11) is -0.982. The number of halogens is 1. The Kier molecular flexibility index (Phi) is 4.86. The third-order valence-electron chi connectivity index (χ3n) is 3.10.